The summed E-state index contributed by atoms with van der Waals surface area (Å²) in [4.78, 5) is 5.43. The quantitative estimate of drug-likeness (QED) is 0.923. The van der Waals surface area contributed by atoms with Gasteiger partial charge in [0.2, 0.25) is 0 Å². The zero-order chi connectivity index (χ0) is 13.1. The van der Waals surface area contributed by atoms with Gasteiger partial charge in [0.15, 0.2) is 0 Å². The molecule has 1 aromatic heterocycles. The standard InChI is InChI=1S/C13H15NO3S/c1-8-11(7-15)14-13(18-8)10-6-9(16-2)4-5-12(10)17-3/h4-6,15H,7H2,1-3H3. The van der Waals surface area contributed by atoms with Crippen LogP contribution in [0.25, 0.3) is 10.6 Å². The van der Waals surface area contributed by atoms with Gasteiger partial charge in [-0.1, -0.05) is 0 Å². The molecule has 0 saturated carbocycles. The number of aromatic nitrogens is 1. The molecule has 2 rings (SSSR count). The van der Waals surface area contributed by atoms with E-state index in [0.29, 0.717) is 5.69 Å². The average molecular weight is 265 g/mol. The third-order valence-electron chi connectivity index (χ3n) is 2.68. The van der Waals surface area contributed by atoms with Crippen molar-refractivity contribution in [2.45, 2.75) is 13.5 Å². The zero-order valence-electron chi connectivity index (χ0n) is 10.6. The van der Waals surface area contributed by atoms with Crippen LogP contribution in [0.3, 0.4) is 0 Å². The lowest BCUT2D eigenvalue weighted by molar-refractivity contribution is 0.277. The molecular weight excluding hydrogens is 250 g/mol. The van der Waals surface area contributed by atoms with E-state index >= 15 is 0 Å². The molecule has 0 atom stereocenters. The number of ether oxygens (including phenoxy) is 2. The Hall–Kier alpha value is -1.59. The van der Waals surface area contributed by atoms with E-state index in [0.717, 1.165) is 26.9 Å². The van der Waals surface area contributed by atoms with Gasteiger partial charge in [-0.2, -0.15) is 0 Å². The Bertz CT molecular complexity index is 551. The number of thiazole rings is 1. The molecule has 1 heterocycles. The van der Waals surface area contributed by atoms with E-state index in [9.17, 15) is 5.11 Å². The van der Waals surface area contributed by atoms with Gasteiger partial charge in [0.1, 0.15) is 16.5 Å². The van der Waals surface area contributed by atoms with Gasteiger partial charge in [0, 0.05) is 4.88 Å². The first kappa shape index (κ1) is 12.9. The van der Waals surface area contributed by atoms with E-state index in [1.165, 1.54) is 11.3 Å². The highest BCUT2D eigenvalue weighted by molar-refractivity contribution is 7.15. The number of aliphatic hydroxyl groups excluding tert-OH is 1. The normalized spacial score (nSPS) is 10.4. The summed E-state index contributed by atoms with van der Waals surface area (Å²) in [5.74, 6) is 1.50. The van der Waals surface area contributed by atoms with Gasteiger partial charge in [-0.3, -0.25) is 0 Å². The molecule has 2 aromatic rings. The molecule has 0 spiro atoms. The summed E-state index contributed by atoms with van der Waals surface area (Å²) in [6, 6.07) is 5.58. The Kier molecular flexibility index (Phi) is 3.84. The molecule has 0 radical (unpaired) electrons. The molecule has 5 heteroatoms. The highest BCUT2D eigenvalue weighted by Crippen LogP contribution is 2.36. The van der Waals surface area contributed by atoms with Crippen molar-refractivity contribution in [1.82, 2.24) is 4.98 Å². The first-order valence-corrected chi connectivity index (χ1v) is 6.30. The fraction of sp³-hybridized carbons (Fsp3) is 0.308. The molecule has 0 saturated heterocycles. The van der Waals surface area contributed by atoms with Crippen molar-refractivity contribution in [3.63, 3.8) is 0 Å². The zero-order valence-corrected chi connectivity index (χ0v) is 11.4. The summed E-state index contributed by atoms with van der Waals surface area (Å²) >= 11 is 1.53. The Morgan fingerprint density at radius 1 is 1.28 bits per heavy atom. The molecule has 0 aliphatic carbocycles. The smallest absolute Gasteiger partial charge is 0.129 e. The predicted octanol–water partition coefficient (Wildman–Crippen LogP) is 2.63. The van der Waals surface area contributed by atoms with E-state index < -0.39 is 0 Å². The largest absolute Gasteiger partial charge is 0.497 e. The molecule has 96 valence electrons. The molecule has 0 aliphatic heterocycles. The van der Waals surface area contributed by atoms with Crippen molar-refractivity contribution in [1.29, 1.82) is 0 Å². The lowest BCUT2D eigenvalue weighted by Gasteiger charge is -2.08. The van der Waals surface area contributed by atoms with E-state index in [-0.39, 0.29) is 6.61 Å². The molecule has 0 amide bonds. The molecule has 0 fully saturated rings. The molecule has 1 aromatic carbocycles. The summed E-state index contributed by atoms with van der Waals surface area (Å²) in [7, 11) is 3.25. The number of benzene rings is 1. The third kappa shape index (κ3) is 2.32. The molecule has 0 bridgehead atoms. The van der Waals surface area contributed by atoms with Crippen LogP contribution in [0.5, 0.6) is 11.5 Å². The second kappa shape index (κ2) is 5.37. The van der Waals surface area contributed by atoms with Crippen molar-refractivity contribution >= 4 is 11.3 Å². The number of methoxy groups -OCH3 is 2. The Balaban J connectivity index is 2.53. The number of aliphatic hydroxyl groups is 1. The minimum atomic E-state index is -0.0470. The molecule has 1 N–H and O–H groups in total. The summed E-state index contributed by atoms with van der Waals surface area (Å²) in [5, 5.41) is 10.0. The lowest BCUT2D eigenvalue weighted by Crippen LogP contribution is -1.91. The van der Waals surface area contributed by atoms with E-state index in [1.807, 2.05) is 25.1 Å². The van der Waals surface area contributed by atoms with Gasteiger partial charge in [-0.15, -0.1) is 11.3 Å². The number of nitrogens with zero attached hydrogens (tertiary/aromatic N) is 1. The monoisotopic (exact) mass is 265 g/mol. The molecule has 0 unspecified atom stereocenters. The van der Waals surface area contributed by atoms with Crippen molar-refractivity contribution in [3.05, 3.63) is 28.8 Å². The first-order chi connectivity index (χ1) is 8.69. The van der Waals surface area contributed by atoms with Gasteiger partial charge >= 0.3 is 0 Å². The topological polar surface area (TPSA) is 51.6 Å². The average Bonchev–Trinajstić information content (AvgIpc) is 2.79. The number of aryl methyl sites for hydroxylation is 1. The summed E-state index contributed by atoms with van der Waals surface area (Å²) in [6.45, 7) is 1.90. The van der Waals surface area contributed by atoms with Gasteiger partial charge in [0.05, 0.1) is 32.1 Å². The summed E-state index contributed by atoms with van der Waals surface area (Å²) in [5.41, 5.74) is 1.59. The van der Waals surface area contributed by atoms with Crippen LogP contribution < -0.4 is 9.47 Å². The predicted molar refractivity (Wildman–Crippen MR) is 71.3 cm³/mol. The van der Waals surface area contributed by atoms with Crippen LogP contribution in [0.2, 0.25) is 0 Å². The summed E-state index contributed by atoms with van der Waals surface area (Å²) in [6.07, 6.45) is 0. The Labute approximate surface area is 110 Å². The fourth-order valence-corrected chi connectivity index (χ4v) is 2.61. The van der Waals surface area contributed by atoms with Crippen molar-refractivity contribution in [2.75, 3.05) is 14.2 Å². The highest BCUT2D eigenvalue weighted by Gasteiger charge is 2.13. The van der Waals surface area contributed by atoms with Crippen LogP contribution in [-0.4, -0.2) is 24.3 Å². The van der Waals surface area contributed by atoms with Crippen molar-refractivity contribution in [3.8, 4) is 22.1 Å². The Morgan fingerprint density at radius 2 is 2.06 bits per heavy atom. The summed E-state index contributed by atoms with van der Waals surface area (Å²) < 4.78 is 10.5. The van der Waals surface area contributed by atoms with Crippen LogP contribution in [0.4, 0.5) is 0 Å². The van der Waals surface area contributed by atoms with Crippen LogP contribution in [0.1, 0.15) is 10.6 Å². The van der Waals surface area contributed by atoms with Gasteiger partial charge in [0.25, 0.3) is 0 Å². The van der Waals surface area contributed by atoms with Crippen LogP contribution in [0.15, 0.2) is 18.2 Å². The van der Waals surface area contributed by atoms with Gasteiger partial charge in [-0.25, -0.2) is 4.98 Å². The van der Waals surface area contributed by atoms with E-state index in [4.69, 9.17) is 9.47 Å². The maximum atomic E-state index is 9.19. The molecule has 4 nitrogen and oxygen atoms in total. The van der Waals surface area contributed by atoms with E-state index in [1.54, 1.807) is 14.2 Å². The van der Waals surface area contributed by atoms with Crippen LogP contribution in [0, 0.1) is 6.92 Å². The highest BCUT2D eigenvalue weighted by atomic mass is 32.1. The first-order valence-electron chi connectivity index (χ1n) is 5.49. The minimum absolute atomic E-state index is 0.0470. The fourth-order valence-electron chi connectivity index (χ4n) is 1.67. The number of hydrogen-bond donors (Lipinski definition) is 1. The second-order valence-corrected chi connectivity index (χ2v) is 4.95. The maximum absolute atomic E-state index is 9.19. The minimum Gasteiger partial charge on any atom is -0.497 e. The molecule has 0 aliphatic rings. The third-order valence-corrected chi connectivity index (χ3v) is 3.73. The molecule has 18 heavy (non-hydrogen) atoms. The van der Waals surface area contributed by atoms with Crippen LogP contribution >= 0.6 is 11.3 Å². The number of rotatable bonds is 4. The maximum Gasteiger partial charge on any atom is 0.129 e. The van der Waals surface area contributed by atoms with Gasteiger partial charge in [-0.05, 0) is 25.1 Å². The molecular formula is C13H15NO3S. The van der Waals surface area contributed by atoms with E-state index in [2.05, 4.69) is 4.98 Å². The second-order valence-electron chi connectivity index (χ2n) is 3.75. The van der Waals surface area contributed by atoms with Gasteiger partial charge < -0.3 is 14.6 Å². The number of hydrogen-bond acceptors (Lipinski definition) is 5. The van der Waals surface area contributed by atoms with Crippen molar-refractivity contribution in [2.24, 2.45) is 0 Å². The lowest BCUT2D eigenvalue weighted by atomic mass is 10.2. The SMILES string of the molecule is COc1ccc(OC)c(-c2nc(CO)c(C)s2)c1. The van der Waals surface area contributed by atoms with Crippen LogP contribution in [-0.2, 0) is 6.61 Å². The van der Waals surface area contributed by atoms with Crippen molar-refractivity contribution < 1.29 is 14.6 Å². The Morgan fingerprint density at radius 3 is 2.61 bits per heavy atom.